The summed E-state index contributed by atoms with van der Waals surface area (Å²) in [5, 5.41) is 6.68. The van der Waals surface area contributed by atoms with Crippen LogP contribution in [-0.2, 0) is 17.9 Å². The summed E-state index contributed by atoms with van der Waals surface area (Å²) in [4.78, 5) is 37.1. The lowest BCUT2D eigenvalue weighted by atomic mass is 10.1. The number of amides is 2. The van der Waals surface area contributed by atoms with Crippen molar-refractivity contribution in [3.05, 3.63) is 94.1 Å². The second-order valence-electron chi connectivity index (χ2n) is 7.00. The van der Waals surface area contributed by atoms with Crippen molar-refractivity contribution in [3.63, 3.8) is 0 Å². The van der Waals surface area contributed by atoms with E-state index >= 15 is 0 Å². The third kappa shape index (κ3) is 3.67. The Kier molecular flexibility index (Phi) is 5.30. The van der Waals surface area contributed by atoms with E-state index in [1.807, 2.05) is 53.1 Å². The van der Waals surface area contributed by atoms with Gasteiger partial charge in [0.15, 0.2) is 5.43 Å². The predicted octanol–water partition coefficient (Wildman–Crippen LogP) is 2.83. The summed E-state index contributed by atoms with van der Waals surface area (Å²) >= 11 is 0. The van der Waals surface area contributed by atoms with Gasteiger partial charge in [-0.25, -0.2) is 0 Å². The van der Waals surface area contributed by atoms with Crippen molar-refractivity contribution in [3.8, 4) is 0 Å². The summed E-state index contributed by atoms with van der Waals surface area (Å²) in [6, 6.07) is 21.7. The Bertz CT molecular complexity index is 1250. The summed E-state index contributed by atoms with van der Waals surface area (Å²) in [5.41, 5.74) is 2.89. The van der Waals surface area contributed by atoms with Crippen LogP contribution in [0.25, 0.3) is 21.8 Å². The molecule has 1 aromatic heterocycles. The number of fused-ring (bicyclic) bond motifs is 2. The first-order valence-corrected chi connectivity index (χ1v) is 9.66. The zero-order valence-electron chi connectivity index (χ0n) is 16.5. The molecule has 1 heterocycles. The van der Waals surface area contributed by atoms with Crippen molar-refractivity contribution in [1.82, 2.24) is 15.2 Å². The van der Waals surface area contributed by atoms with Gasteiger partial charge in [-0.05, 0) is 42.0 Å². The third-order valence-electron chi connectivity index (χ3n) is 5.11. The van der Waals surface area contributed by atoms with Gasteiger partial charge < -0.3 is 15.2 Å². The molecule has 3 aromatic carbocycles. The molecule has 150 valence electrons. The molecule has 0 atom stereocenters. The molecular weight excluding hydrogens is 378 g/mol. The molecule has 0 aliphatic heterocycles. The number of hydrogen-bond donors (Lipinski definition) is 2. The van der Waals surface area contributed by atoms with Crippen LogP contribution in [0.3, 0.4) is 0 Å². The molecule has 2 amide bonds. The van der Waals surface area contributed by atoms with Crippen molar-refractivity contribution in [2.75, 3.05) is 7.05 Å². The number of benzene rings is 3. The number of aromatic nitrogens is 1. The maximum absolute atomic E-state index is 12.8. The standard InChI is InChI=1S/C24H21N3O3/c1-25-24(30)17-12-10-16(11-13-17)14-26-22(28)15-27-20-8-4-2-6-18(20)23(29)19-7-3-5-9-21(19)27/h2-13H,14-15H2,1H3,(H,25,30)(H,26,28). The maximum Gasteiger partial charge on any atom is 0.251 e. The van der Waals surface area contributed by atoms with E-state index in [-0.39, 0.29) is 23.8 Å². The fraction of sp³-hybridized carbons (Fsp3) is 0.125. The molecule has 0 aliphatic rings. The number of nitrogens with zero attached hydrogens (tertiary/aromatic N) is 1. The van der Waals surface area contributed by atoms with E-state index in [1.54, 1.807) is 31.3 Å². The van der Waals surface area contributed by atoms with Crippen LogP contribution in [0, 0.1) is 0 Å². The fourth-order valence-corrected chi connectivity index (χ4v) is 3.57. The van der Waals surface area contributed by atoms with Gasteiger partial charge in [0.1, 0.15) is 6.54 Å². The average Bonchev–Trinajstić information content (AvgIpc) is 2.80. The molecule has 0 fully saturated rings. The summed E-state index contributed by atoms with van der Waals surface area (Å²) in [5.74, 6) is -0.313. The van der Waals surface area contributed by atoms with Crippen LogP contribution in [0.15, 0.2) is 77.6 Å². The minimum atomic E-state index is -0.163. The van der Waals surface area contributed by atoms with Crippen molar-refractivity contribution in [2.45, 2.75) is 13.1 Å². The van der Waals surface area contributed by atoms with Gasteiger partial charge in [-0.3, -0.25) is 14.4 Å². The van der Waals surface area contributed by atoms with Crippen LogP contribution in [0.5, 0.6) is 0 Å². The average molecular weight is 399 g/mol. The number of carbonyl (C=O) groups is 2. The van der Waals surface area contributed by atoms with E-state index < -0.39 is 0 Å². The molecule has 30 heavy (non-hydrogen) atoms. The minimum Gasteiger partial charge on any atom is -0.355 e. The topological polar surface area (TPSA) is 80.2 Å². The Hall–Kier alpha value is -3.93. The fourth-order valence-electron chi connectivity index (χ4n) is 3.57. The van der Waals surface area contributed by atoms with Gasteiger partial charge in [0.05, 0.1) is 11.0 Å². The lowest BCUT2D eigenvalue weighted by Gasteiger charge is -2.15. The van der Waals surface area contributed by atoms with Crippen LogP contribution < -0.4 is 16.1 Å². The number of para-hydroxylation sites is 2. The summed E-state index contributed by atoms with van der Waals surface area (Å²) < 4.78 is 1.87. The molecule has 0 saturated carbocycles. The minimum absolute atomic E-state index is 0.0333. The van der Waals surface area contributed by atoms with Gasteiger partial charge >= 0.3 is 0 Å². The molecule has 0 radical (unpaired) electrons. The van der Waals surface area contributed by atoms with Crippen LogP contribution in [0.1, 0.15) is 15.9 Å². The van der Waals surface area contributed by atoms with Crippen LogP contribution in [0.4, 0.5) is 0 Å². The number of pyridine rings is 1. The Morgan fingerprint density at radius 1 is 0.833 bits per heavy atom. The zero-order valence-corrected chi connectivity index (χ0v) is 16.5. The first-order valence-electron chi connectivity index (χ1n) is 9.66. The summed E-state index contributed by atoms with van der Waals surface area (Å²) in [6.45, 7) is 0.445. The number of carbonyl (C=O) groups excluding carboxylic acids is 2. The Morgan fingerprint density at radius 2 is 1.40 bits per heavy atom. The highest BCUT2D eigenvalue weighted by atomic mass is 16.2. The van der Waals surface area contributed by atoms with Gasteiger partial charge in [-0.2, -0.15) is 0 Å². The molecule has 0 saturated heterocycles. The van der Waals surface area contributed by atoms with Crippen molar-refractivity contribution >= 4 is 33.6 Å². The first-order chi connectivity index (χ1) is 14.6. The van der Waals surface area contributed by atoms with Crippen LogP contribution >= 0.6 is 0 Å². The van der Waals surface area contributed by atoms with Crippen LogP contribution in [0.2, 0.25) is 0 Å². The largest absolute Gasteiger partial charge is 0.355 e. The normalized spacial score (nSPS) is 10.8. The molecule has 6 nitrogen and oxygen atoms in total. The SMILES string of the molecule is CNC(=O)c1ccc(CNC(=O)Cn2c3ccccc3c(=O)c3ccccc32)cc1. The maximum atomic E-state index is 12.8. The van der Waals surface area contributed by atoms with Crippen molar-refractivity contribution < 1.29 is 9.59 Å². The molecule has 6 heteroatoms. The van der Waals surface area contributed by atoms with Crippen LogP contribution in [-0.4, -0.2) is 23.4 Å². The quantitative estimate of drug-likeness (QED) is 0.507. The molecule has 2 N–H and O–H groups in total. The van der Waals surface area contributed by atoms with E-state index in [0.29, 0.717) is 22.9 Å². The lowest BCUT2D eigenvalue weighted by molar-refractivity contribution is -0.121. The van der Waals surface area contributed by atoms with E-state index in [9.17, 15) is 14.4 Å². The zero-order chi connectivity index (χ0) is 21.1. The van der Waals surface area contributed by atoms with E-state index in [2.05, 4.69) is 10.6 Å². The van der Waals surface area contributed by atoms with Gasteiger partial charge in [0, 0.05) is 29.9 Å². The highest BCUT2D eigenvalue weighted by Gasteiger charge is 2.12. The van der Waals surface area contributed by atoms with Crippen molar-refractivity contribution in [2.24, 2.45) is 0 Å². The number of nitrogens with one attached hydrogen (secondary N) is 2. The van der Waals surface area contributed by atoms with Crippen molar-refractivity contribution in [1.29, 1.82) is 0 Å². The number of hydrogen-bond acceptors (Lipinski definition) is 3. The molecule has 0 unspecified atom stereocenters. The lowest BCUT2D eigenvalue weighted by Crippen LogP contribution is -2.28. The predicted molar refractivity (Wildman–Crippen MR) is 117 cm³/mol. The Morgan fingerprint density at radius 3 is 1.97 bits per heavy atom. The summed E-state index contributed by atoms with van der Waals surface area (Å²) in [7, 11) is 1.58. The first kappa shape index (κ1) is 19.4. The highest BCUT2D eigenvalue weighted by Crippen LogP contribution is 2.19. The summed E-state index contributed by atoms with van der Waals surface area (Å²) in [6.07, 6.45) is 0. The Balaban J connectivity index is 1.58. The Labute approximate surface area is 173 Å². The molecule has 0 spiro atoms. The smallest absolute Gasteiger partial charge is 0.251 e. The van der Waals surface area contributed by atoms with Gasteiger partial charge in [-0.15, -0.1) is 0 Å². The molecule has 4 rings (SSSR count). The van der Waals surface area contributed by atoms with E-state index in [0.717, 1.165) is 16.6 Å². The molecule has 4 aromatic rings. The molecule has 0 bridgehead atoms. The van der Waals surface area contributed by atoms with Gasteiger partial charge in [-0.1, -0.05) is 36.4 Å². The monoisotopic (exact) mass is 399 g/mol. The molecular formula is C24H21N3O3. The van der Waals surface area contributed by atoms with E-state index in [4.69, 9.17) is 0 Å². The molecule has 0 aliphatic carbocycles. The van der Waals surface area contributed by atoms with Gasteiger partial charge in [0.25, 0.3) is 5.91 Å². The highest BCUT2D eigenvalue weighted by molar-refractivity contribution is 5.95. The van der Waals surface area contributed by atoms with Gasteiger partial charge in [0.2, 0.25) is 5.91 Å². The number of rotatable bonds is 5. The van der Waals surface area contributed by atoms with E-state index in [1.165, 1.54) is 0 Å². The third-order valence-corrected chi connectivity index (χ3v) is 5.11. The second-order valence-corrected chi connectivity index (χ2v) is 7.00. The second kappa shape index (κ2) is 8.21.